The Bertz CT molecular complexity index is 258. The van der Waals surface area contributed by atoms with E-state index < -0.39 is 0 Å². The Labute approximate surface area is 112 Å². The molecule has 0 radical (unpaired) electrons. The molecule has 3 fully saturated rings. The smallest absolute Gasteiger partial charge is 0.0235 e. The number of hydrogen-bond acceptors (Lipinski definition) is 3. The lowest BCUT2D eigenvalue weighted by Gasteiger charge is -2.29. The molecule has 3 rings (SSSR count). The zero-order valence-corrected chi connectivity index (χ0v) is 11.9. The first-order valence-electron chi connectivity index (χ1n) is 8.08. The molecule has 0 aromatic carbocycles. The van der Waals surface area contributed by atoms with Crippen molar-refractivity contribution in [1.82, 2.24) is 15.1 Å². The van der Waals surface area contributed by atoms with E-state index in [0.717, 1.165) is 18.1 Å². The Kier molecular flexibility index (Phi) is 4.22. The zero-order valence-electron chi connectivity index (χ0n) is 11.9. The molecule has 0 aromatic rings. The molecule has 104 valence electrons. The van der Waals surface area contributed by atoms with Crippen LogP contribution in [0.3, 0.4) is 0 Å². The largest absolute Gasteiger partial charge is 0.312 e. The zero-order chi connectivity index (χ0) is 12.4. The van der Waals surface area contributed by atoms with Gasteiger partial charge in [-0.1, -0.05) is 6.92 Å². The van der Waals surface area contributed by atoms with Gasteiger partial charge in [-0.3, -0.25) is 9.80 Å². The van der Waals surface area contributed by atoms with Crippen molar-refractivity contribution in [3.8, 4) is 0 Å². The van der Waals surface area contributed by atoms with E-state index >= 15 is 0 Å². The first kappa shape index (κ1) is 12.9. The van der Waals surface area contributed by atoms with Crippen LogP contribution in [0.4, 0.5) is 0 Å². The molecule has 3 aliphatic rings. The minimum atomic E-state index is 0.776. The summed E-state index contributed by atoms with van der Waals surface area (Å²) in [6, 6.07) is 2.50. The van der Waals surface area contributed by atoms with E-state index in [1.54, 1.807) is 0 Å². The van der Waals surface area contributed by atoms with Gasteiger partial charge in [0, 0.05) is 37.8 Å². The molecule has 2 aliphatic heterocycles. The van der Waals surface area contributed by atoms with Crippen LogP contribution in [0.1, 0.15) is 45.4 Å². The lowest BCUT2D eigenvalue weighted by molar-refractivity contribution is 0.192. The van der Waals surface area contributed by atoms with Gasteiger partial charge in [-0.2, -0.15) is 0 Å². The predicted molar refractivity (Wildman–Crippen MR) is 75.9 cm³/mol. The third-order valence-corrected chi connectivity index (χ3v) is 5.06. The number of nitrogens with zero attached hydrogens (tertiary/aromatic N) is 2. The van der Waals surface area contributed by atoms with Crippen molar-refractivity contribution in [2.24, 2.45) is 0 Å². The van der Waals surface area contributed by atoms with E-state index in [1.165, 1.54) is 71.2 Å². The Hall–Kier alpha value is -0.120. The van der Waals surface area contributed by atoms with Gasteiger partial charge in [-0.05, 0) is 51.6 Å². The van der Waals surface area contributed by atoms with Crippen molar-refractivity contribution in [3.05, 3.63) is 0 Å². The average Bonchev–Trinajstić information content (AvgIpc) is 2.89. The molecule has 2 saturated heterocycles. The van der Waals surface area contributed by atoms with Gasteiger partial charge in [-0.25, -0.2) is 0 Å². The van der Waals surface area contributed by atoms with Crippen LogP contribution in [0.2, 0.25) is 0 Å². The fraction of sp³-hybridized carbons (Fsp3) is 1.00. The van der Waals surface area contributed by atoms with Gasteiger partial charge >= 0.3 is 0 Å². The SMILES string of the molecule is CCC(CNC1CC1)N1CCC(N2CCCC2)C1. The van der Waals surface area contributed by atoms with E-state index in [4.69, 9.17) is 0 Å². The summed E-state index contributed by atoms with van der Waals surface area (Å²) >= 11 is 0. The van der Waals surface area contributed by atoms with Crippen molar-refractivity contribution in [2.45, 2.75) is 63.6 Å². The molecule has 1 aliphatic carbocycles. The second-order valence-electron chi connectivity index (χ2n) is 6.43. The first-order valence-corrected chi connectivity index (χ1v) is 8.08. The molecule has 1 N–H and O–H groups in total. The highest BCUT2D eigenvalue weighted by Gasteiger charge is 2.32. The fourth-order valence-corrected chi connectivity index (χ4v) is 3.63. The van der Waals surface area contributed by atoms with E-state index in [1.807, 2.05) is 0 Å². The molecule has 0 spiro atoms. The molecule has 0 aromatic heterocycles. The summed E-state index contributed by atoms with van der Waals surface area (Å²) in [4.78, 5) is 5.49. The Morgan fingerprint density at radius 3 is 2.56 bits per heavy atom. The van der Waals surface area contributed by atoms with Gasteiger partial charge in [0.15, 0.2) is 0 Å². The highest BCUT2D eigenvalue weighted by atomic mass is 15.3. The van der Waals surface area contributed by atoms with Crippen molar-refractivity contribution in [2.75, 3.05) is 32.7 Å². The molecule has 0 amide bonds. The molecule has 1 saturated carbocycles. The highest BCUT2D eigenvalue weighted by Crippen LogP contribution is 2.23. The molecule has 3 nitrogen and oxygen atoms in total. The van der Waals surface area contributed by atoms with Crippen LogP contribution in [0.15, 0.2) is 0 Å². The molecular formula is C15H29N3. The van der Waals surface area contributed by atoms with Crippen LogP contribution in [-0.4, -0.2) is 60.6 Å². The Balaban J connectivity index is 1.46. The summed E-state index contributed by atoms with van der Waals surface area (Å²) in [5.74, 6) is 0. The topological polar surface area (TPSA) is 18.5 Å². The molecule has 3 heteroatoms. The maximum absolute atomic E-state index is 3.71. The fourth-order valence-electron chi connectivity index (χ4n) is 3.63. The first-order chi connectivity index (χ1) is 8.86. The summed E-state index contributed by atoms with van der Waals surface area (Å²) in [5.41, 5.74) is 0. The Morgan fingerprint density at radius 2 is 1.89 bits per heavy atom. The summed E-state index contributed by atoms with van der Waals surface area (Å²) in [6.07, 6.45) is 8.37. The molecule has 2 atom stereocenters. The summed E-state index contributed by atoms with van der Waals surface area (Å²) in [7, 11) is 0. The number of rotatable bonds is 6. The third-order valence-electron chi connectivity index (χ3n) is 5.06. The lowest BCUT2D eigenvalue weighted by atomic mass is 10.2. The summed E-state index contributed by atoms with van der Waals surface area (Å²) in [6.45, 7) is 8.93. The molecule has 0 bridgehead atoms. The van der Waals surface area contributed by atoms with Crippen molar-refractivity contribution in [1.29, 1.82) is 0 Å². The van der Waals surface area contributed by atoms with Gasteiger partial charge in [0.2, 0.25) is 0 Å². The quantitative estimate of drug-likeness (QED) is 0.775. The molecule has 18 heavy (non-hydrogen) atoms. The molecule has 2 heterocycles. The van der Waals surface area contributed by atoms with Crippen LogP contribution in [0.5, 0.6) is 0 Å². The summed E-state index contributed by atoms with van der Waals surface area (Å²) in [5, 5.41) is 3.71. The monoisotopic (exact) mass is 251 g/mol. The van der Waals surface area contributed by atoms with E-state index in [9.17, 15) is 0 Å². The van der Waals surface area contributed by atoms with E-state index in [2.05, 4.69) is 22.0 Å². The van der Waals surface area contributed by atoms with Crippen LogP contribution in [0, 0.1) is 0 Å². The van der Waals surface area contributed by atoms with Crippen LogP contribution in [-0.2, 0) is 0 Å². The minimum Gasteiger partial charge on any atom is -0.312 e. The van der Waals surface area contributed by atoms with Crippen molar-refractivity contribution >= 4 is 0 Å². The maximum Gasteiger partial charge on any atom is 0.0235 e. The molecule has 2 unspecified atom stereocenters. The number of nitrogens with one attached hydrogen (secondary N) is 1. The van der Waals surface area contributed by atoms with Crippen molar-refractivity contribution in [3.63, 3.8) is 0 Å². The predicted octanol–water partition coefficient (Wildman–Crippen LogP) is 1.69. The van der Waals surface area contributed by atoms with Crippen LogP contribution >= 0.6 is 0 Å². The average molecular weight is 251 g/mol. The maximum atomic E-state index is 3.71. The second kappa shape index (κ2) is 5.89. The number of likely N-dealkylation sites (tertiary alicyclic amines) is 2. The minimum absolute atomic E-state index is 0.776. The second-order valence-corrected chi connectivity index (χ2v) is 6.43. The highest BCUT2D eigenvalue weighted by molar-refractivity contribution is 4.90. The normalized spacial score (nSPS) is 32.2. The standard InChI is InChI=1S/C15H29N3/c1-2-14(11-16-13-5-6-13)18-10-7-15(12-18)17-8-3-4-9-17/h13-16H,2-12H2,1H3. The Morgan fingerprint density at radius 1 is 1.11 bits per heavy atom. The van der Waals surface area contributed by atoms with Gasteiger partial charge < -0.3 is 5.32 Å². The lowest BCUT2D eigenvalue weighted by Crippen LogP contribution is -2.43. The van der Waals surface area contributed by atoms with Crippen LogP contribution in [0.25, 0.3) is 0 Å². The van der Waals surface area contributed by atoms with Gasteiger partial charge in [-0.15, -0.1) is 0 Å². The van der Waals surface area contributed by atoms with Crippen molar-refractivity contribution < 1.29 is 0 Å². The van der Waals surface area contributed by atoms with Gasteiger partial charge in [0.05, 0.1) is 0 Å². The van der Waals surface area contributed by atoms with E-state index in [-0.39, 0.29) is 0 Å². The summed E-state index contributed by atoms with van der Waals surface area (Å²) < 4.78 is 0. The third kappa shape index (κ3) is 3.06. The van der Waals surface area contributed by atoms with Crippen LogP contribution < -0.4 is 5.32 Å². The number of hydrogen-bond donors (Lipinski definition) is 1. The van der Waals surface area contributed by atoms with Gasteiger partial charge in [0.1, 0.15) is 0 Å². The van der Waals surface area contributed by atoms with Gasteiger partial charge in [0.25, 0.3) is 0 Å². The van der Waals surface area contributed by atoms with E-state index in [0.29, 0.717) is 0 Å². The molecular weight excluding hydrogens is 222 g/mol.